The molecule has 0 unspecified atom stereocenters. The Morgan fingerprint density at radius 1 is 1.17 bits per heavy atom. The lowest BCUT2D eigenvalue weighted by molar-refractivity contribution is -0.123. The van der Waals surface area contributed by atoms with Gasteiger partial charge in [0.15, 0.2) is 6.61 Å². The van der Waals surface area contributed by atoms with Crippen LogP contribution in [-0.4, -0.2) is 46.7 Å². The van der Waals surface area contributed by atoms with E-state index in [-0.39, 0.29) is 23.5 Å². The number of sulfonamides is 1. The van der Waals surface area contributed by atoms with Gasteiger partial charge in [-0.2, -0.15) is 0 Å². The highest BCUT2D eigenvalue weighted by Gasteiger charge is 2.30. The highest BCUT2D eigenvalue weighted by Crippen LogP contribution is 2.32. The van der Waals surface area contributed by atoms with E-state index in [1.807, 2.05) is 24.3 Å². The van der Waals surface area contributed by atoms with Gasteiger partial charge >= 0.3 is 0 Å². The molecule has 1 N–H and O–H groups in total. The number of nitrogens with one attached hydrogen (secondary N) is 1. The number of fused-ring (bicyclic) bond motifs is 1. The van der Waals surface area contributed by atoms with E-state index >= 15 is 0 Å². The van der Waals surface area contributed by atoms with Crippen LogP contribution in [-0.2, 0) is 26.0 Å². The highest BCUT2D eigenvalue weighted by molar-refractivity contribution is 7.92. The normalized spacial score (nSPS) is 18.5. The first-order chi connectivity index (χ1) is 14.0. The quantitative estimate of drug-likeness (QED) is 0.747. The maximum absolute atomic E-state index is 13.0. The van der Waals surface area contributed by atoms with Gasteiger partial charge < -0.3 is 14.8 Å². The minimum Gasteiger partial charge on any atom is -0.484 e. The molecule has 0 spiro atoms. The fourth-order valence-electron chi connectivity index (χ4n) is 3.63. The summed E-state index contributed by atoms with van der Waals surface area (Å²) in [5.74, 6) is 0.212. The second-order valence-electron chi connectivity index (χ2n) is 7.16. The summed E-state index contributed by atoms with van der Waals surface area (Å²) in [5, 5.41) is 2.79. The van der Waals surface area contributed by atoms with Crippen LogP contribution in [0.2, 0.25) is 0 Å². The van der Waals surface area contributed by atoms with Gasteiger partial charge in [0.05, 0.1) is 16.7 Å². The largest absolute Gasteiger partial charge is 0.484 e. The monoisotopic (exact) mass is 416 g/mol. The summed E-state index contributed by atoms with van der Waals surface area (Å²) in [6.45, 7) is 1.54. The summed E-state index contributed by atoms with van der Waals surface area (Å²) < 4.78 is 38.4. The number of rotatable bonds is 7. The van der Waals surface area contributed by atoms with Crippen LogP contribution in [0.25, 0.3) is 0 Å². The van der Waals surface area contributed by atoms with E-state index in [9.17, 15) is 13.2 Å². The van der Waals surface area contributed by atoms with Crippen molar-refractivity contribution >= 4 is 21.6 Å². The van der Waals surface area contributed by atoms with Crippen molar-refractivity contribution in [1.82, 2.24) is 5.32 Å². The molecule has 0 bridgehead atoms. The van der Waals surface area contributed by atoms with Crippen LogP contribution >= 0.6 is 0 Å². The molecule has 8 heteroatoms. The number of benzene rings is 2. The van der Waals surface area contributed by atoms with Gasteiger partial charge in [0.2, 0.25) is 0 Å². The Kier molecular flexibility index (Phi) is 5.73. The fourth-order valence-corrected chi connectivity index (χ4v) is 5.13. The zero-order chi connectivity index (χ0) is 20.3. The van der Waals surface area contributed by atoms with E-state index in [0.29, 0.717) is 25.3 Å². The van der Waals surface area contributed by atoms with Gasteiger partial charge in [0.1, 0.15) is 5.75 Å². The van der Waals surface area contributed by atoms with Crippen LogP contribution in [0, 0.1) is 0 Å². The van der Waals surface area contributed by atoms with Gasteiger partial charge in [0.25, 0.3) is 15.9 Å². The topological polar surface area (TPSA) is 84.9 Å². The number of carbonyl (C=O) groups is 1. The van der Waals surface area contributed by atoms with E-state index in [2.05, 4.69) is 5.32 Å². The Morgan fingerprint density at radius 3 is 2.72 bits per heavy atom. The van der Waals surface area contributed by atoms with Crippen molar-refractivity contribution in [2.75, 3.05) is 30.6 Å². The van der Waals surface area contributed by atoms with Crippen LogP contribution in [0.5, 0.6) is 5.75 Å². The average Bonchev–Trinajstić information content (AvgIpc) is 3.41. The molecule has 1 saturated heterocycles. The molecule has 0 saturated carbocycles. The van der Waals surface area contributed by atoms with Gasteiger partial charge in [-0.3, -0.25) is 9.10 Å². The van der Waals surface area contributed by atoms with E-state index in [1.54, 1.807) is 12.1 Å². The smallest absolute Gasteiger partial charge is 0.264 e. The SMILES string of the molecule is O=C(COc1ccc(S(=O)(=O)N2CCc3ccccc32)cc1)NC[C@H]1CCCO1. The van der Waals surface area contributed by atoms with Crippen molar-refractivity contribution in [3.8, 4) is 5.75 Å². The number of hydrogen-bond donors (Lipinski definition) is 1. The number of carbonyl (C=O) groups excluding carboxylic acids is 1. The Morgan fingerprint density at radius 2 is 1.97 bits per heavy atom. The standard InChI is InChI=1S/C21H24N2O5S/c24-21(22-14-18-5-3-13-27-18)15-28-17-7-9-19(10-8-17)29(25,26)23-12-11-16-4-1-2-6-20(16)23/h1-2,4,6-10,18H,3,5,11-15H2,(H,22,24)/t18-/m1/s1. The lowest BCUT2D eigenvalue weighted by Gasteiger charge is -2.19. The van der Waals surface area contributed by atoms with Gasteiger partial charge in [-0.05, 0) is 55.2 Å². The molecule has 154 valence electrons. The molecule has 2 aromatic rings. The van der Waals surface area contributed by atoms with Crippen LogP contribution in [0.4, 0.5) is 5.69 Å². The predicted molar refractivity (Wildman–Crippen MR) is 109 cm³/mol. The molecule has 2 aromatic carbocycles. The molecule has 2 aliphatic heterocycles. The first kappa shape index (κ1) is 19.7. The second kappa shape index (κ2) is 8.42. The molecule has 29 heavy (non-hydrogen) atoms. The summed E-state index contributed by atoms with van der Waals surface area (Å²) in [6, 6.07) is 13.7. The molecule has 0 aliphatic carbocycles. The summed E-state index contributed by atoms with van der Waals surface area (Å²) in [6.07, 6.45) is 2.77. The van der Waals surface area contributed by atoms with Crippen LogP contribution < -0.4 is 14.4 Å². The molecule has 4 rings (SSSR count). The predicted octanol–water partition coefficient (Wildman–Crippen LogP) is 2.11. The fraction of sp³-hybridized carbons (Fsp3) is 0.381. The van der Waals surface area contributed by atoms with E-state index in [4.69, 9.17) is 9.47 Å². The van der Waals surface area contributed by atoms with Gasteiger partial charge in [-0.25, -0.2) is 8.42 Å². The van der Waals surface area contributed by atoms with Crippen molar-refractivity contribution < 1.29 is 22.7 Å². The first-order valence-corrected chi connectivity index (χ1v) is 11.2. The Hall–Kier alpha value is -2.58. The molecular formula is C21H24N2O5S. The summed E-state index contributed by atoms with van der Waals surface area (Å²) in [7, 11) is -3.63. The number of para-hydroxylation sites is 1. The molecule has 0 aromatic heterocycles. The number of ether oxygens (including phenoxy) is 2. The van der Waals surface area contributed by atoms with Crippen molar-refractivity contribution in [2.24, 2.45) is 0 Å². The number of nitrogens with zero attached hydrogens (tertiary/aromatic N) is 1. The third-order valence-electron chi connectivity index (χ3n) is 5.18. The van der Waals surface area contributed by atoms with Gasteiger partial charge in [-0.15, -0.1) is 0 Å². The molecule has 1 amide bonds. The molecule has 1 atom stereocenters. The van der Waals surface area contributed by atoms with Gasteiger partial charge in [0, 0.05) is 19.7 Å². The minimum absolute atomic E-state index is 0.0826. The first-order valence-electron chi connectivity index (χ1n) is 9.76. The third-order valence-corrected chi connectivity index (χ3v) is 7.00. The van der Waals surface area contributed by atoms with E-state index in [0.717, 1.165) is 30.7 Å². The lowest BCUT2D eigenvalue weighted by atomic mass is 10.2. The molecule has 7 nitrogen and oxygen atoms in total. The lowest BCUT2D eigenvalue weighted by Crippen LogP contribution is -2.35. The Balaban J connectivity index is 1.34. The van der Waals surface area contributed by atoms with E-state index in [1.165, 1.54) is 16.4 Å². The second-order valence-corrected chi connectivity index (χ2v) is 9.02. The average molecular weight is 416 g/mol. The molecular weight excluding hydrogens is 392 g/mol. The van der Waals surface area contributed by atoms with Crippen LogP contribution in [0.15, 0.2) is 53.4 Å². The van der Waals surface area contributed by atoms with Crippen molar-refractivity contribution in [3.05, 3.63) is 54.1 Å². The van der Waals surface area contributed by atoms with Crippen LogP contribution in [0.1, 0.15) is 18.4 Å². The Bertz CT molecular complexity index is 969. The molecule has 2 heterocycles. The maximum Gasteiger partial charge on any atom is 0.264 e. The van der Waals surface area contributed by atoms with Gasteiger partial charge in [-0.1, -0.05) is 18.2 Å². The molecule has 2 aliphatic rings. The van der Waals surface area contributed by atoms with Crippen molar-refractivity contribution in [3.63, 3.8) is 0 Å². The number of hydrogen-bond acceptors (Lipinski definition) is 5. The molecule has 1 fully saturated rings. The maximum atomic E-state index is 13.0. The zero-order valence-electron chi connectivity index (χ0n) is 16.0. The molecule has 0 radical (unpaired) electrons. The zero-order valence-corrected chi connectivity index (χ0v) is 16.9. The minimum atomic E-state index is -3.63. The Labute approximate surface area is 170 Å². The van der Waals surface area contributed by atoms with E-state index < -0.39 is 10.0 Å². The summed E-state index contributed by atoms with van der Waals surface area (Å²) in [5.41, 5.74) is 1.76. The summed E-state index contributed by atoms with van der Waals surface area (Å²) >= 11 is 0. The highest BCUT2D eigenvalue weighted by atomic mass is 32.2. The number of anilines is 1. The van der Waals surface area contributed by atoms with Crippen LogP contribution in [0.3, 0.4) is 0 Å². The van der Waals surface area contributed by atoms with Crippen molar-refractivity contribution in [2.45, 2.75) is 30.3 Å². The number of amides is 1. The van der Waals surface area contributed by atoms with Crippen molar-refractivity contribution in [1.29, 1.82) is 0 Å². The third kappa shape index (κ3) is 4.38. The summed E-state index contributed by atoms with van der Waals surface area (Å²) in [4.78, 5) is 12.1.